The van der Waals surface area contributed by atoms with Crippen molar-refractivity contribution < 1.29 is 9.53 Å². The predicted molar refractivity (Wildman–Crippen MR) is 122 cm³/mol. The van der Waals surface area contributed by atoms with Gasteiger partial charge < -0.3 is 10.1 Å². The molecule has 0 radical (unpaired) electrons. The smallest absolute Gasteiger partial charge is 0.230 e. The van der Waals surface area contributed by atoms with E-state index in [4.69, 9.17) is 21.6 Å². The zero-order chi connectivity index (χ0) is 21.2. The molecule has 1 atom stereocenters. The van der Waals surface area contributed by atoms with E-state index in [2.05, 4.69) is 17.4 Å². The molecule has 3 aromatic rings. The van der Waals surface area contributed by atoms with Crippen molar-refractivity contribution in [3.05, 3.63) is 101 Å². The number of benzene rings is 3. The molecular formula is C24H21ClN2O2S. The lowest BCUT2D eigenvalue weighted by Crippen LogP contribution is -2.25. The van der Waals surface area contributed by atoms with Crippen LogP contribution in [0, 0.1) is 11.3 Å². The first-order chi connectivity index (χ1) is 14.7. The molecule has 30 heavy (non-hydrogen) atoms. The highest BCUT2D eigenvalue weighted by Crippen LogP contribution is 2.35. The predicted octanol–water partition coefficient (Wildman–Crippen LogP) is 5.38. The maximum atomic E-state index is 12.5. The van der Waals surface area contributed by atoms with Gasteiger partial charge >= 0.3 is 0 Å². The van der Waals surface area contributed by atoms with E-state index in [1.807, 2.05) is 66.7 Å². The lowest BCUT2D eigenvalue weighted by atomic mass is 10.0. The molecular weight excluding hydrogens is 416 g/mol. The minimum atomic E-state index is -0.0433. The molecule has 3 aromatic carbocycles. The maximum Gasteiger partial charge on any atom is 0.230 e. The standard InChI is InChI=1S/C24H21ClN2O2S/c25-21-11-9-20(10-12-21)24(19-6-2-1-3-7-19)30-17-23(28)27-16-18-5-4-8-22(15-18)29-14-13-26/h1-12,15,24H,14,16-17H2,(H,27,28). The van der Waals surface area contributed by atoms with Gasteiger partial charge in [-0.25, -0.2) is 0 Å². The number of amides is 1. The highest BCUT2D eigenvalue weighted by atomic mass is 35.5. The molecule has 0 saturated carbocycles. The Morgan fingerprint density at radius 1 is 1.03 bits per heavy atom. The fourth-order valence-corrected chi connectivity index (χ4v) is 4.17. The molecule has 0 aliphatic heterocycles. The van der Waals surface area contributed by atoms with E-state index in [-0.39, 0.29) is 17.8 Å². The number of nitrogens with zero attached hydrogens (tertiary/aromatic N) is 1. The van der Waals surface area contributed by atoms with Crippen LogP contribution in [0.2, 0.25) is 5.02 Å². The Labute approximate surface area is 185 Å². The van der Waals surface area contributed by atoms with Gasteiger partial charge in [0.15, 0.2) is 6.61 Å². The molecule has 0 aliphatic carbocycles. The van der Waals surface area contributed by atoms with Crippen LogP contribution < -0.4 is 10.1 Å². The van der Waals surface area contributed by atoms with Crippen LogP contribution in [0.25, 0.3) is 0 Å². The Bertz CT molecular complexity index is 1000. The van der Waals surface area contributed by atoms with Crippen molar-refractivity contribution in [2.75, 3.05) is 12.4 Å². The van der Waals surface area contributed by atoms with Crippen LogP contribution in [0.15, 0.2) is 78.9 Å². The Morgan fingerprint density at radius 3 is 2.50 bits per heavy atom. The number of thioether (sulfide) groups is 1. The van der Waals surface area contributed by atoms with Gasteiger partial charge in [-0.15, -0.1) is 11.8 Å². The molecule has 0 spiro atoms. The first kappa shape index (κ1) is 21.8. The summed E-state index contributed by atoms with van der Waals surface area (Å²) in [5.74, 6) is 0.898. The number of ether oxygens (including phenoxy) is 1. The van der Waals surface area contributed by atoms with E-state index in [1.54, 1.807) is 17.8 Å². The first-order valence-corrected chi connectivity index (χ1v) is 10.9. The fourth-order valence-electron chi connectivity index (χ4n) is 2.92. The van der Waals surface area contributed by atoms with Crippen LogP contribution in [0.3, 0.4) is 0 Å². The number of nitriles is 1. The zero-order valence-electron chi connectivity index (χ0n) is 16.3. The van der Waals surface area contributed by atoms with Gasteiger partial charge in [-0.3, -0.25) is 4.79 Å². The van der Waals surface area contributed by atoms with Gasteiger partial charge in [0.05, 0.1) is 11.0 Å². The summed E-state index contributed by atoms with van der Waals surface area (Å²) in [5, 5.41) is 12.3. The summed E-state index contributed by atoms with van der Waals surface area (Å²) in [6.07, 6.45) is 0. The van der Waals surface area contributed by atoms with Crippen LogP contribution in [0.1, 0.15) is 21.9 Å². The molecule has 1 amide bonds. The van der Waals surface area contributed by atoms with E-state index in [0.29, 0.717) is 23.1 Å². The quantitative estimate of drug-likeness (QED) is 0.489. The van der Waals surface area contributed by atoms with E-state index in [9.17, 15) is 4.79 Å². The lowest BCUT2D eigenvalue weighted by molar-refractivity contribution is -0.118. The summed E-state index contributed by atoms with van der Waals surface area (Å²) in [4.78, 5) is 12.5. The van der Waals surface area contributed by atoms with E-state index in [0.717, 1.165) is 16.7 Å². The molecule has 6 heteroatoms. The van der Waals surface area contributed by atoms with E-state index < -0.39 is 0 Å². The molecule has 0 bridgehead atoms. The fraction of sp³-hybridized carbons (Fsp3) is 0.167. The largest absolute Gasteiger partial charge is 0.479 e. The first-order valence-electron chi connectivity index (χ1n) is 9.43. The van der Waals surface area contributed by atoms with Gasteiger partial charge in [-0.05, 0) is 41.0 Å². The van der Waals surface area contributed by atoms with Crippen LogP contribution >= 0.6 is 23.4 Å². The second-order valence-electron chi connectivity index (χ2n) is 6.52. The molecule has 0 aliphatic rings. The van der Waals surface area contributed by atoms with E-state index >= 15 is 0 Å². The molecule has 1 N–H and O–H groups in total. The Kier molecular flexibility index (Phi) is 8.20. The SMILES string of the molecule is N#CCOc1cccc(CNC(=O)CSC(c2ccccc2)c2ccc(Cl)cc2)c1. The van der Waals surface area contributed by atoms with Crippen LogP contribution in [-0.4, -0.2) is 18.3 Å². The normalized spacial score (nSPS) is 11.3. The highest BCUT2D eigenvalue weighted by molar-refractivity contribution is 8.00. The number of nitrogens with one attached hydrogen (secondary N) is 1. The molecule has 3 rings (SSSR count). The third-order valence-electron chi connectivity index (χ3n) is 4.35. The van der Waals surface area contributed by atoms with Gasteiger partial charge in [0.2, 0.25) is 5.91 Å². The van der Waals surface area contributed by atoms with Gasteiger partial charge in [0.25, 0.3) is 0 Å². The molecule has 0 aromatic heterocycles. The highest BCUT2D eigenvalue weighted by Gasteiger charge is 2.16. The van der Waals surface area contributed by atoms with Crippen molar-refractivity contribution in [2.24, 2.45) is 0 Å². The summed E-state index contributed by atoms with van der Waals surface area (Å²) in [6, 6.07) is 27.2. The van der Waals surface area contributed by atoms with Crippen molar-refractivity contribution >= 4 is 29.3 Å². The van der Waals surface area contributed by atoms with Crippen LogP contribution in [0.5, 0.6) is 5.75 Å². The van der Waals surface area contributed by atoms with Crippen molar-refractivity contribution in [2.45, 2.75) is 11.8 Å². The third-order valence-corrected chi connectivity index (χ3v) is 5.91. The second kappa shape index (κ2) is 11.3. The average molecular weight is 437 g/mol. The molecule has 1 unspecified atom stereocenters. The Balaban J connectivity index is 1.59. The van der Waals surface area contributed by atoms with Crippen molar-refractivity contribution in [1.82, 2.24) is 5.32 Å². The van der Waals surface area contributed by atoms with Crippen molar-refractivity contribution in [1.29, 1.82) is 5.26 Å². The summed E-state index contributed by atoms with van der Waals surface area (Å²) in [7, 11) is 0. The molecule has 0 saturated heterocycles. The van der Waals surface area contributed by atoms with Crippen LogP contribution in [0.4, 0.5) is 0 Å². The molecule has 0 fully saturated rings. The average Bonchev–Trinajstić information content (AvgIpc) is 2.78. The number of halogens is 1. The second-order valence-corrected chi connectivity index (χ2v) is 8.05. The monoisotopic (exact) mass is 436 g/mol. The molecule has 4 nitrogen and oxygen atoms in total. The van der Waals surface area contributed by atoms with Crippen molar-refractivity contribution in [3.8, 4) is 11.8 Å². The summed E-state index contributed by atoms with van der Waals surface area (Å²) in [5.41, 5.74) is 3.16. The topological polar surface area (TPSA) is 62.1 Å². The van der Waals surface area contributed by atoms with Gasteiger partial charge in [0.1, 0.15) is 11.8 Å². The minimum absolute atomic E-state index is 0.00196. The number of carbonyl (C=O) groups is 1. The minimum Gasteiger partial charge on any atom is -0.479 e. The van der Waals surface area contributed by atoms with Crippen molar-refractivity contribution in [3.63, 3.8) is 0 Å². The van der Waals surface area contributed by atoms with Crippen LogP contribution in [-0.2, 0) is 11.3 Å². The maximum absolute atomic E-state index is 12.5. The number of carbonyl (C=O) groups excluding carboxylic acids is 1. The van der Waals surface area contributed by atoms with E-state index in [1.165, 1.54) is 0 Å². The summed E-state index contributed by atoms with van der Waals surface area (Å²) < 4.78 is 5.30. The molecule has 0 heterocycles. The number of hydrogen-bond donors (Lipinski definition) is 1. The summed E-state index contributed by atoms with van der Waals surface area (Å²) >= 11 is 7.61. The lowest BCUT2D eigenvalue weighted by Gasteiger charge is -2.18. The third kappa shape index (κ3) is 6.55. The Morgan fingerprint density at radius 2 is 1.77 bits per heavy atom. The van der Waals surface area contributed by atoms with Gasteiger partial charge in [-0.2, -0.15) is 5.26 Å². The number of hydrogen-bond acceptors (Lipinski definition) is 4. The number of rotatable bonds is 9. The van der Waals surface area contributed by atoms with Gasteiger partial charge in [-0.1, -0.05) is 66.2 Å². The van der Waals surface area contributed by atoms with Gasteiger partial charge in [0, 0.05) is 11.6 Å². The molecule has 152 valence electrons. The Hall–Kier alpha value is -2.94. The summed E-state index contributed by atoms with van der Waals surface area (Å²) in [6.45, 7) is 0.401. The zero-order valence-corrected chi connectivity index (χ0v) is 17.8.